The quantitative estimate of drug-likeness (QED) is 0.452. The molecule has 0 atom stereocenters. The summed E-state index contributed by atoms with van der Waals surface area (Å²) < 4.78 is 10.7. The van der Waals surface area contributed by atoms with Crippen molar-refractivity contribution in [2.75, 3.05) is 33.9 Å². The molecular weight excluding hydrogens is 312 g/mol. The summed E-state index contributed by atoms with van der Waals surface area (Å²) in [6.07, 6.45) is 2.88. The van der Waals surface area contributed by atoms with Gasteiger partial charge in [-0.2, -0.15) is 0 Å². The first-order valence-electron chi connectivity index (χ1n) is 7.87. The Morgan fingerprint density at radius 3 is 2.79 bits per heavy atom. The molecule has 1 heterocycles. The monoisotopic (exact) mass is 334 g/mol. The number of carbonyl (C=O) groups excluding carboxylic acids is 1. The Morgan fingerprint density at radius 2 is 2.17 bits per heavy atom. The Hall–Kier alpha value is -2.41. The van der Waals surface area contributed by atoms with Crippen LogP contribution in [0.4, 0.5) is 5.69 Å². The molecule has 2 rings (SSSR count). The highest BCUT2D eigenvalue weighted by atomic mass is 16.6. The van der Waals surface area contributed by atoms with Gasteiger partial charge in [0, 0.05) is 31.1 Å². The molecule has 7 nitrogen and oxygen atoms in total. The van der Waals surface area contributed by atoms with Gasteiger partial charge in [-0.25, -0.2) is 0 Å². The number of nitro groups is 1. The lowest BCUT2D eigenvalue weighted by Gasteiger charge is -2.23. The molecule has 0 aliphatic carbocycles. The van der Waals surface area contributed by atoms with Crippen molar-refractivity contribution in [1.82, 2.24) is 4.90 Å². The summed E-state index contributed by atoms with van der Waals surface area (Å²) in [7, 11) is 3.37. The second-order valence-electron chi connectivity index (χ2n) is 5.76. The Kier molecular flexibility index (Phi) is 5.92. The van der Waals surface area contributed by atoms with Gasteiger partial charge in [0.2, 0.25) is 5.75 Å². The van der Waals surface area contributed by atoms with Crippen LogP contribution in [0, 0.1) is 10.1 Å². The second-order valence-corrected chi connectivity index (χ2v) is 5.76. The van der Waals surface area contributed by atoms with Crippen LogP contribution < -0.4 is 9.47 Å². The first-order valence-corrected chi connectivity index (χ1v) is 7.87. The van der Waals surface area contributed by atoms with Crippen LogP contribution in [0.3, 0.4) is 0 Å². The van der Waals surface area contributed by atoms with Gasteiger partial charge < -0.3 is 14.4 Å². The first kappa shape index (κ1) is 17.9. The number of ether oxygens (including phenoxy) is 2. The van der Waals surface area contributed by atoms with E-state index in [0.29, 0.717) is 36.5 Å². The van der Waals surface area contributed by atoms with Crippen LogP contribution in [-0.4, -0.2) is 49.5 Å². The van der Waals surface area contributed by atoms with E-state index >= 15 is 0 Å². The number of rotatable bonds is 6. The highest BCUT2D eigenvalue weighted by Crippen LogP contribution is 2.39. The second kappa shape index (κ2) is 7.92. The van der Waals surface area contributed by atoms with E-state index < -0.39 is 4.92 Å². The molecule has 24 heavy (non-hydrogen) atoms. The summed E-state index contributed by atoms with van der Waals surface area (Å²) in [5.41, 5.74) is 1.04. The molecule has 1 aromatic carbocycles. The number of carbonyl (C=O) groups is 1. The van der Waals surface area contributed by atoms with Gasteiger partial charge in [-0.1, -0.05) is 6.92 Å². The maximum absolute atomic E-state index is 12.0. The average Bonchev–Trinajstić information content (AvgIpc) is 2.56. The molecule has 1 saturated heterocycles. The minimum atomic E-state index is -0.496. The van der Waals surface area contributed by atoms with E-state index in [-0.39, 0.29) is 17.2 Å². The minimum Gasteiger partial charge on any atom is -0.493 e. The SMILES string of the molecule is CCCOc1c(OC)cc(/C=C2\CN(C)CCC2=O)cc1[N+](=O)[O-]. The number of likely N-dealkylation sites (tertiary alicyclic amines) is 1. The van der Waals surface area contributed by atoms with Gasteiger partial charge in [0.05, 0.1) is 18.6 Å². The minimum absolute atomic E-state index is 0.0704. The molecule has 1 fully saturated rings. The number of nitrogens with zero attached hydrogens (tertiary/aromatic N) is 2. The normalized spacial score (nSPS) is 17.1. The Labute approximate surface area is 141 Å². The van der Waals surface area contributed by atoms with E-state index in [1.165, 1.54) is 13.2 Å². The third kappa shape index (κ3) is 4.11. The molecule has 0 radical (unpaired) electrons. The molecule has 0 saturated carbocycles. The van der Waals surface area contributed by atoms with E-state index in [9.17, 15) is 14.9 Å². The van der Waals surface area contributed by atoms with Crippen LogP contribution in [0.5, 0.6) is 11.5 Å². The number of likely N-dealkylation sites (N-methyl/N-ethyl adjacent to an activating group) is 1. The fourth-order valence-corrected chi connectivity index (χ4v) is 2.57. The van der Waals surface area contributed by atoms with Crippen LogP contribution in [0.25, 0.3) is 6.08 Å². The molecule has 0 unspecified atom stereocenters. The van der Waals surface area contributed by atoms with E-state index in [1.807, 2.05) is 18.9 Å². The van der Waals surface area contributed by atoms with Gasteiger partial charge in [0.15, 0.2) is 11.5 Å². The fourth-order valence-electron chi connectivity index (χ4n) is 2.57. The largest absolute Gasteiger partial charge is 0.493 e. The van der Waals surface area contributed by atoms with Crippen LogP contribution in [-0.2, 0) is 4.79 Å². The third-order valence-electron chi connectivity index (χ3n) is 3.78. The average molecular weight is 334 g/mol. The number of piperidine rings is 1. The van der Waals surface area contributed by atoms with Crippen molar-refractivity contribution in [1.29, 1.82) is 0 Å². The lowest BCUT2D eigenvalue weighted by Crippen LogP contribution is -2.32. The van der Waals surface area contributed by atoms with Crippen molar-refractivity contribution >= 4 is 17.5 Å². The Morgan fingerprint density at radius 1 is 1.42 bits per heavy atom. The third-order valence-corrected chi connectivity index (χ3v) is 3.78. The molecule has 0 N–H and O–H groups in total. The van der Waals surface area contributed by atoms with E-state index in [0.717, 1.165) is 13.0 Å². The highest BCUT2D eigenvalue weighted by Gasteiger charge is 2.23. The standard InChI is InChI=1S/C17H22N2O5/c1-4-7-24-17-14(19(21)22)9-12(10-16(17)23-3)8-13-11-18(2)6-5-15(13)20/h8-10H,4-7,11H2,1-3H3/b13-8+. The summed E-state index contributed by atoms with van der Waals surface area (Å²) in [5.74, 6) is 0.487. The summed E-state index contributed by atoms with van der Waals surface area (Å²) >= 11 is 0. The van der Waals surface area contributed by atoms with Crippen molar-refractivity contribution in [2.45, 2.75) is 19.8 Å². The van der Waals surface area contributed by atoms with Crippen LogP contribution in [0.2, 0.25) is 0 Å². The zero-order chi connectivity index (χ0) is 17.7. The van der Waals surface area contributed by atoms with Crippen molar-refractivity contribution in [3.05, 3.63) is 33.4 Å². The van der Waals surface area contributed by atoms with Gasteiger partial charge in [-0.15, -0.1) is 0 Å². The van der Waals surface area contributed by atoms with Crippen LogP contribution in [0.1, 0.15) is 25.3 Å². The zero-order valence-corrected chi connectivity index (χ0v) is 14.2. The maximum Gasteiger partial charge on any atom is 0.315 e. The molecule has 1 aromatic rings. The number of benzene rings is 1. The van der Waals surface area contributed by atoms with Crippen molar-refractivity contribution < 1.29 is 19.2 Å². The Balaban J connectivity index is 2.46. The molecule has 0 spiro atoms. The van der Waals surface area contributed by atoms with E-state index in [1.54, 1.807) is 12.1 Å². The van der Waals surface area contributed by atoms with E-state index in [2.05, 4.69) is 0 Å². The lowest BCUT2D eigenvalue weighted by atomic mass is 10.0. The van der Waals surface area contributed by atoms with Gasteiger partial charge in [0.25, 0.3) is 0 Å². The van der Waals surface area contributed by atoms with Crippen molar-refractivity contribution in [2.24, 2.45) is 0 Å². The number of hydrogen-bond acceptors (Lipinski definition) is 6. The summed E-state index contributed by atoms with van der Waals surface area (Å²) in [6, 6.07) is 3.08. The first-order chi connectivity index (χ1) is 11.5. The van der Waals surface area contributed by atoms with Crippen molar-refractivity contribution in [3.8, 4) is 11.5 Å². The molecule has 7 heteroatoms. The van der Waals surface area contributed by atoms with Crippen molar-refractivity contribution in [3.63, 3.8) is 0 Å². The molecule has 1 aliphatic heterocycles. The zero-order valence-electron chi connectivity index (χ0n) is 14.2. The van der Waals surface area contributed by atoms with Gasteiger partial charge in [-0.3, -0.25) is 14.9 Å². The highest BCUT2D eigenvalue weighted by molar-refractivity contribution is 6.00. The smallest absolute Gasteiger partial charge is 0.315 e. The van der Waals surface area contributed by atoms with E-state index in [4.69, 9.17) is 9.47 Å². The molecule has 1 aliphatic rings. The predicted molar refractivity (Wildman–Crippen MR) is 90.5 cm³/mol. The van der Waals surface area contributed by atoms with Gasteiger partial charge >= 0.3 is 5.69 Å². The number of nitro benzene ring substituents is 1. The summed E-state index contributed by atoms with van der Waals surface area (Å²) in [4.78, 5) is 25.0. The molecule has 0 bridgehead atoms. The molecule has 0 amide bonds. The molecule has 130 valence electrons. The summed E-state index contributed by atoms with van der Waals surface area (Å²) in [6.45, 7) is 3.54. The summed E-state index contributed by atoms with van der Waals surface area (Å²) in [5, 5.41) is 11.4. The topological polar surface area (TPSA) is 81.9 Å². The Bertz CT molecular complexity index is 669. The molecular formula is C17H22N2O5. The van der Waals surface area contributed by atoms with Crippen LogP contribution in [0.15, 0.2) is 17.7 Å². The van der Waals surface area contributed by atoms with Crippen LogP contribution >= 0.6 is 0 Å². The predicted octanol–water partition coefficient (Wildman–Crippen LogP) is 2.68. The number of Topliss-reactive ketones (excluding diaryl/α,β-unsaturated/α-hetero) is 1. The van der Waals surface area contributed by atoms with Gasteiger partial charge in [-0.05, 0) is 31.2 Å². The number of ketones is 1. The number of methoxy groups -OCH3 is 1. The lowest BCUT2D eigenvalue weighted by molar-refractivity contribution is -0.386. The molecule has 0 aromatic heterocycles. The van der Waals surface area contributed by atoms with Gasteiger partial charge in [0.1, 0.15) is 0 Å². The maximum atomic E-state index is 12.0. The number of hydrogen-bond donors (Lipinski definition) is 0. The fraction of sp³-hybridized carbons (Fsp3) is 0.471.